The number of hydrogen-bond acceptors (Lipinski definition) is 5. The van der Waals surface area contributed by atoms with Gasteiger partial charge < -0.3 is 15.1 Å². The molecule has 0 saturated carbocycles. The van der Waals surface area contributed by atoms with Gasteiger partial charge in [0, 0.05) is 57.3 Å². The molecule has 7 heteroatoms. The average Bonchev–Trinajstić information content (AvgIpc) is 3.31. The zero-order chi connectivity index (χ0) is 16.8. The largest absolute Gasteiger partial charge is 0.360 e. The zero-order valence-electron chi connectivity index (χ0n) is 14.4. The third-order valence-electron chi connectivity index (χ3n) is 4.18. The summed E-state index contributed by atoms with van der Waals surface area (Å²) >= 11 is 3.63. The van der Waals surface area contributed by atoms with E-state index in [-0.39, 0.29) is 0 Å². The number of thiazole rings is 1. The van der Waals surface area contributed by atoms with Gasteiger partial charge >= 0.3 is 0 Å². The van der Waals surface area contributed by atoms with E-state index in [4.69, 9.17) is 0 Å². The normalized spacial score (nSPS) is 15.8. The SMILES string of the molecule is CCc1cnc(CCNC(=NC)N2CCN(c3cccs3)CC2)s1. The first-order valence-electron chi connectivity index (χ1n) is 8.47. The van der Waals surface area contributed by atoms with E-state index in [1.54, 1.807) is 0 Å². The lowest BCUT2D eigenvalue weighted by molar-refractivity contribution is 0.374. The van der Waals surface area contributed by atoms with E-state index in [1.165, 1.54) is 14.9 Å². The lowest BCUT2D eigenvalue weighted by Gasteiger charge is -2.37. The first kappa shape index (κ1) is 17.2. The molecule has 3 rings (SSSR count). The van der Waals surface area contributed by atoms with Crippen molar-refractivity contribution in [2.75, 3.05) is 44.7 Å². The van der Waals surface area contributed by atoms with Crippen molar-refractivity contribution in [2.24, 2.45) is 4.99 Å². The molecule has 1 aliphatic heterocycles. The summed E-state index contributed by atoms with van der Waals surface area (Å²) in [5.41, 5.74) is 0. The van der Waals surface area contributed by atoms with Crippen LogP contribution in [0, 0.1) is 0 Å². The molecule has 0 aliphatic carbocycles. The second-order valence-corrected chi connectivity index (χ2v) is 7.85. The van der Waals surface area contributed by atoms with Crippen LogP contribution in [0.1, 0.15) is 16.8 Å². The Kier molecular flexibility index (Phi) is 6.09. The maximum Gasteiger partial charge on any atom is 0.193 e. The Morgan fingerprint density at radius 2 is 2.17 bits per heavy atom. The van der Waals surface area contributed by atoms with Gasteiger partial charge in [0.1, 0.15) is 0 Å². The van der Waals surface area contributed by atoms with Crippen LogP contribution in [0.15, 0.2) is 28.7 Å². The Morgan fingerprint density at radius 3 is 2.79 bits per heavy atom. The number of guanidine groups is 1. The van der Waals surface area contributed by atoms with Crippen LogP contribution in [0.5, 0.6) is 0 Å². The molecule has 1 saturated heterocycles. The van der Waals surface area contributed by atoms with Crippen molar-refractivity contribution in [1.82, 2.24) is 15.2 Å². The minimum Gasteiger partial charge on any atom is -0.360 e. The topological polar surface area (TPSA) is 43.8 Å². The van der Waals surface area contributed by atoms with Crippen LogP contribution >= 0.6 is 22.7 Å². The number of thiophene rings is 1. The highest BCUT2D eigenvalue weighted by molar-refractivity contribution is 7.14. The first-order chi connectivity index (χ1) is 11.8. The molecule has 0 bridgehead atoms. The molecule has 3 heterocycles. The second-order valence-electron chi connectivity index (χ2n) is 5.72. The molecular weight excluding hydrogens is 338 g/mol. The Balaban J connectivity index is 1.45. The number of aliphatic imine (C=N–C) groups is 1. The van der Waals surface area contributed by atoms with Gasteiger partial charge in [0.25, 0.3) is 0 Å². The van der Waals surface area contributed by atoms with Gasteiger partial charge in [-0.25, -0.2) is 4.98 Å². The number of anilines is 1. The number of nitrogens with one attached hydrogen (secondary N) is 1. The predicted molar refractivity (Wildman–Crippen MR) is 105 cm³/mol. The highest BCUT2D eigenvalue weighted by Crippen LogP contribution is 2.22. The van der Waals surface area contributed by atoms with Crippen LogP contribution in [0.3, 0.4) is 0 Å². The van der Waals surface area contributed by atoms with Gasteiger partial charge in [-0.2, -0.15) is 0 Å². The van der Waals surface area contributed by atoms with Crippen LogP contribution in [0.25, 0.3) is 0 Å². The predicted octanol–water partition coefficient (Wildman–Crippen LogP) is 2.71. The Morgan fingerprint density at radius 1 is 1.33 bits per heavy atom. The Bertz CT molecular complexity index is 642. The molecule has 0 radical (unpaired) electrons. The molecule has 1 fully saturated rings. The van der Waals surface area contributed by atoms with Gasteiger partial charge in [-0.3, -0.25) is 4.99 Å². The summed E-state index contributed by atoms with van der Waals surface area (Å²) < 4.78 is 0. The molecule has 0 aromatic carbocycles. The summed E-state index contributed by atoms with van der Waals surface area (Å²) in [6.45, 7) is 7.17. The number of rotatable bonds is 5. The average molecular weight is 364 g/mol. The summed E-state index contributed by atoms with van der Waals surface area (Å²) in [6.07, 6.45) is 4.03. The fourth-order valence-corrected chi connectivity index (χ4v) is 4.48. The quantitative estimate of drug-likeness (QED) is 0.655. The van der Waals surface area contributed by atoms with E-state index in [2.05, 4.69) is 49.5 Å². The molecule has 2 aromatic rings. The number of hydrogen-bond donors (Lipinski definition) is 1. The summed E-state index contributed by atoms with van der Waals surface area (Å²) in [6, 6.07) is 4.32. The number of aryl methyl sites for hydroxylation is 1. The highest BCUT2D eigenvalue weighted by atomic mass is 32.1. The summed E-state index contributed by atoms with van der Waals surface area (Å²) in [4.78, 5) is 15.1. The van der Waals surface area contributed by atoms with E-state index in [9.17, 15) is 0 Å². The second kappa shape index (κ2) is 8.48. The van der Waals surface area contributed by atoms with E-state index >= 15 is 0 Å². The van der Waals surface area contributed by atoms with Crippen LogP contribution in [-0.4, -0.2) is 55.6 Å². The van der Waals surface area contributed by atoms with Crippen molar-refractivity contribution >= 4 is 33.6 Å². The molecule has 0 amide bonds. The van der Waals surface area contributed by atoms with E-state index in [0.717, 1.165) is 51.5 Å². The monoisotopic (exact) mass is 363 g/mol. The Hall–Kier alpha value is -1.60. The number of nitrogens with zero attached hydrogens (tertiary/aromatic N) is 4. The van der Waals surface area contributed by atoms with Crippen molar-refractivity contribution in [3.63, 3.8) is 0 Å². The van der Waals surface area contributed by atoms with Crippen molar-refractivity contribution in [1.29, 1.82) is 0 Å². The van der Waals surface area contributed by atoms with E-state index < -0.39 is 0 Å². The van der Waals surface area contributed by atoms with Gasteiger partial charge in [-0.1, -0.05) is 6.92 Å². The first-order valence-corrected chi connectivity index (χ1v) is 10.2. The number of piperazine rings is 1. The lowest BCUT2D eigenvalue weighted by Crippen LogP contribution is -2.52. The van der Waals surface area contributed by atoms with E-state index in [1.807, 2.05) is 35.9 Å². The van der Waals surface area contributed by atoms with Crippen molar-refractivity contribution in [3.05, 3.63) is 33.6 Å². The van der Waals surface area contributed by atoms with Crippen LogP contribution in [0.4, 0.5) is 5.00 Å². The van der Waals surface area contributed by atoms with Gasteiger partial charge in [0.05, 0.1) is 10.0 Å². The van der Waals surface area contributed by atoms with Gasteiger partial charge in [0.2, 0.25) is 0 Å². The fourth-order valence-electron chi connectivity index (χ4n) is 2.83. The molecular formula is C17H25N5S2. The molecule has 24 heavy (non-hydrogen) atoms. The van der Waals surface area contributed by atoms with Gasteiger partial charge in [-0.15, -0.1) is 22.7 Å². The van der Waals surface area contributed by atoms with Crippen molar-refractivity contribution < 1.29 is 0 Å². The maximum atomic E-state index is 4.48. The highest BCUT2D eigenvalue weighted by Gasteiger charge is 2.20. The summed E-state index contributed by atoms with van der Waals surface area (Å²) in [7, 11) is 1.87. The van der Waals surface area contributed by atoms with Crippen molar-refractivity contribution in [3.8, 4) is 0 Å². The smallest absolute Gasteiger partial charge is 0.193 e. The zero-order valence-corrected chi connectivity index (χ0v) is 16.0. The standard InChI is InChI=1S/C17H25N5S2/c1-3-14-13-20-15(24-14)6-7-19-17(18-2)22-10-8-21(9-11-22)16-5-4-12-23-16/h4-5,12-13H,3,6-11H2,1-2H3,(H,18,19). The maximum absolute atomic E-state index is 4.48. The molecule has 5 nitrogen and oxygen atoms in total. The Labute approximate surface area is 152 Å². The molecule has 1 N–H and O–H groups in total. The molecule has 0 spiro atoms. The molecule has 130 valence electrons. The van der Waals surface area contributed by atoms with Crippen LogP contribution < -0.4 is 10.2 Å². The molecule has 2 aromatic heterocycles. The molecule has 0 atom stereocenters. The molecule has 1 aliphatic rings. The third kappa shape index (κ3) is 4.27. The van der Waals surface area contributed by atoms with Crippen LogP contribution in [-0.2, 0) is 12.8 Å². The summed E-state index contributed by atoms with van der Waals surface area (Å²) in [5.74, 6) is 1.01. The van der Waals surface area contributed by atoms with Gasteiger partial charge in [-0.05, 0) is 23.9 Å². The minimum atomic E-state index is 0.883. The fraction of sp³-hybridized carbons (Fsp3) is 0.529. The molecule has 0 unspecified atom stereocenters. The van der Waals surface area contributed by atoms with E-state index in [0.29, 0.717) is 0 Å². The van der Waals surface area contributed by atoms with Crippen molar-refractivity contribution in [2.45, 2.75) is 19.8 Å². The van der Waals surface area contributed by atoms with Crippen LogP contribution in [0.2, 0.25) is 0 Å². The summed E-state index contributed by atoms with van der Waals surface area (Å²) in [5, 5.41) is 8.21. The lowest BCUT2D eigenvalue weighted by atomic mass is 10.3. The minimum absolute atomic E-state index is 0.883. The van der Waals surface area contributed by atoms with Gasteiger partial charge in [0.15, 0.2) is 5.96 Å². The third-order valence-corrected chi connectivity index (χ3v) is 6.31. The number of aromatic nitrogens is 1.